The van der Waals surface area contributed by atoms with E-state index in [9.17, 15) is 0 Å². The summed E-state index contributed by atoms with van der Waals surface area (Å²) >= 11 is 0. The number of aryl methyl sites for hydroxylation is 1. The predicted octanol–water partition coefficient (Wildman–Crippen LogP) is 2.04. The first-order valence-electron chi connectivity index (χ1n) is 5.04. The van der Waals surface area contributed by atoms with E-state index in [-0.39, 0.29) is 0 Å². The van der Waals surface area contributed by atoms with E-state index in [1.54, 1.807) is 12.4 Å². The molecule has 2 aromatic rings. The molecule has 0 radical (unpaired) electrons. The van der Waals surface area contributed by atoms with Gasteiger partial charge in [-0.1, -0.05) is 6.07 Å². The van der Waals surface area contributed by atoms with Gasteiger partial charge in [0.2, 0.25) is 5.88 Å². The highest BCUT2D eigenvalue weighted by atomic mass is 16.5. The monoisotopic (exact) mass is 215 g/mol. The van der Waals surface area contributed by atoms with Crippen LogP contribution in [0, 0.1) is 6.92 Å². The van der Waals surface area contributed by atoms with Crippen molar-refractivity contribution in [3.05, 3.63) is 47.9 Å². The zero-order valence-corrected chi connectivity index (χ0v) is 9.05. The average Bonchev–Trinajstić information content (AvgIpc) is 2.33. The SMILES string of the molecule is Cc1ncccc1Oc1ncccc1CN. The van der Waals surface area contributed by atoms with Crippen LogP contribution >= 0.6 is 0 Å². The molecule has 2 rings (SSSR count). The van der Waals surface area contributed by atoms with Crippen LogP contribution in [0.4, 0.5) is 0 Å². The lowest BCUT2D eigenvalue weighted by Gasteiger charge is -2.09. The van der Waals surface area contributed by atoms with Gasteiger partial charge in [-0.3, -0.25) is 4.98 Å². The molecule has 0 aliphatic rings. The Morgan fingerprint density at radius 2 is 1.94 bits per heavy atom. The molecule has 0 saturated carbocycles. The first-order valence-corrected chi connectivity index (χ1v) is 5.04. The van der Waals surface area contributed by atoms with Crippen LogP contribution in [-0.4, -0.2) is 9.97 Å². The van der Waals surface area contributed by atoms with E-state index >= 15 is 0 Å². The molecule has 0 aliphatic heterocycles. The van der Waals surface area contributed by atoms with Gasteiger partial charge in [-0.2, -0.15) is 0 Å². The second kappa shape index (κ2) is 4.72. The number of ether oxygens (including phenoxy) is 1. The molecule has 0 amide bonds. The molecule has 0 atom stereocenters. The first kappa shape index (κ1) is 10.6. The van der Waals surface area contributed by atoms with Crippen molar-refractivity contribution in [2.75, 3.05) is 0 Å². The van der Waals surface area contributed by atoms with Crippen molar-refractivity contribution in [2.24, 2.45) is 5.73 Å². The van der Waals surface area contributed by atoms with Gasteiger partial charge in [-0.05, 0) is 25.1 Å². The molecule has 2 N–H and O–H groups in total. The highest BCUT2D eigenvalue weighted by Crippen LogP contribution is 2.23. The molecule has 0 spiro atoms. The molecule has 2 aromatic heterocycles. The Morgan fingerprint density at radius 3 is 2.69 bits per heavy atom. The summed E-state index contributed by atoms with van der Waals surface area (Å²) in [7, 11) is 0. The summed E-state index contributed by atoms with van der Waals surface area (Å²) in [4.78, 5) is 8.30. The second-order valence-electron chi connectivity index (χ2n) is 3.36. The Bertz CT molecular complexity index is 485. The molecule has 0 aromatic carbocycles. The van der Waals surface area contributed by atoms with E-state index < -0.39 is 0 Å². The lowest BCUT2D eigenvalue weighted by molar-refractivity contribution is 0.450. The lowest BCUT2D eigenvalue weighted by Crippen LogP contribution is -2.01. The van der Waals surface area contributed by atoms with Gasteiger partial charge in [-0.15, -0.1) is 0 Å². The van der Waals surface area contributed by atoms with Crippen molar-refractivity contribution in [3.63, 3.8) is 0 Å². The largest absolute Gasteiger partial charge is 0.437 e. The van der Waals surface area contributed by atoms with Crippen LogP contribution < -0.4 is 10.5 Å². The van der Waals surface area contributed by atoms with E-state index in [0.717, 1.165) is 11.3 Å². The molecule has 0 saturated heterocycles. The maximum absolute atomic E-state index is 5.68. The van der Waals surface area contributed by atoms with Crippen LogP contribution in [0.15, 0.2) is 36.7 Å². The summed E-state index contributed by atoms with van der Waals surface area (Å²) in [6, 6.07) is 7.42. The van der Waals surface area contributed by atoms with E-state index in [2.05, 4.69) is 9.97 Å². The zero-order valence-electron chi connectivity index (χ0n) is 9.05. The fraction of sp³-hybridized carbons (Fsp3) is 0.167. The van der Waals surface area contributed by atoms with Gasteiger partial charge < -0.3 is 10.5 Å². The van der Waals surface area contributed by atoms with Gasteiger partial charge in [-0.25, -0.2) is 4.98 Å². The molecule has 2 heterocycles. The topological polar surface area (TPSA) is 61.0 Å². The Morgan fingerprint density at radius 1 is 1.19 bits per heavy atom. The normalized spacial score (nSPS) is 10.1. The van der Waals surface area contributed by atoms with Crippen LogP contribution in [0.3, 0.4) is 0 Å². The number of hydrogen-bond acceptors (Lipinski definition) is 4. The molecule has 16 heavy (non-hydrogen) atoms. The summed E-state index contributed by atoms with van der Waals surface area (Å²) in [6.45, 7) is 2.29. The molecule has 0 bridgehead atoms. The van der Waals surface area contributed by atoms with E-state index in [1.807, 2.05) is 31.2 Å². The number of pyridine rings is 2. The smallest absolute Gasteiger partial charge is 0.223 e. The first-order chi connectivity index (χ1) is 7.81. The minimum Gasteiger partial charge on any atom is -0.437 e. The van der Waals surface area contributed by atoms with Crippen molar-refractivity contribution < 1.29 is 4.74 Å². The van der Waals surface area contributed by atoms with Gasteiger partial charge in [0.05, 0.1) is 5.69 Å². The molecular weight excluding hydrogens is 202 g/mol. The van der Waals surface area contributed by atoms with Crippen molar-refractivity contribution in [1.29, 1.82) is 0 Å². The quantitative estimate of drug-likeness (QED) is 0.851. The van der Waals surface area contributed by atoms with Crippen molar-refractivity contribution in [2.45, 2.75) is 13.5 Å². The Labute approximate surface area is 94.1 Å². The van der Waals surface area contributed by atoms with Gasteiger partial charge in [0.25, 0.3) is 0 Å². The minimum absolute atomic E-state index is 0.405. The second-order valence-corrected chi connectivity index (χ2v) is 3.36. The van der Waals surface area contributed by atoms with E-state index in [0.29, 0.717) is 18.2 Å². The fourth-order valence-corrected chi connectivity index (χ4v) is 1.35. The van der Waals surface area contributed by atoms with Crippen LogP contribution in [0.1, 0.15) is 11.3 Å². The minimum atomic E-state index is 0.405. The Balaban J connectivity index is 2.30. The molecule has 82 valence electrons. The highest BCUT2D eigenvalue weighted by Gasteiger charge is 2.06. The number of nitrogens with two attached hydrogens (primary N) is 1. The van der Waals surface area contributed by atoms with Crippen LogP contribution in [0.5, 0.6) is 11.6 Å². The summed E-state index contributed by atoms with van der Waals surface area (Å²) in [5.74, 6) is 1.25. The standard InChI is InChI=1S/C12H13N3O/c1-9-11(5-3-6-14-9)16-12-10(8-13)4-2-7-15-12/h2-7H,8,13H2,1H3. The van der Waals surface area contributed by atoms with Crippen LogP contribution in [0.25, 0.3) is 0 Å². The lowest BCUT2D eigenvalue weighted by atomic mass is 10.3. The summed E-state index contributed by atoms with van der Waals surface area (Å²) < 4.78 is 5.68. The average molecular weight is 215 g/mol. The maximum atomic E-state index is 5.68. The molecule has 4 heteroatoms. The predicted molar refractivity (Wildman–Crippen MR) is 61.2 cm³/mol. The number of aromatic nitrogens is 2. The van der Waals surface area contributed by atoms with E-state index in [4.69, 9.17) is 10.5 Å². The molecule has 0 fully saturated rings. The number of nitrogens with zero attached hydrogens (tertiary/aromatic N) is 2. The van der Waals surface area contributed by atoms with Gasteiger partial charge in [0.15, 0.2) is 5.75 Å². The van der Waals surface area contributed by atoms with Crippen LogP contribution in [-0.2, 0) is 6.54 Å². The summed E-state index contributed by atoms with van der Waals surface area (Å²) in [6.07, 6.45) is 3.41. The Kier molecular flexibility index (Phi) is 3.12. The third-order valence-electron chi connectivity index (χ3n) is 2.23. The van der Waals surface area contributed by atoms with Gasteiger partial charge in [0.1, 0.15) is 0 Å². The van der Waals surface area contributed by atoms with Gasteiger partial charge in [0, 0.05) is 24.5 Å². The van der Waals surface area contributed by atoms with E-state index in [1.165, 1.54) is 0 Å². The maximum Gasteiger partial charge on any atom is 0.223 e. The molecule has 0 unspecified atom stereocenters. The molecule has 4 nitrogen and oxygen atoms in total. The molecule has 0 aliphatic carbocycles. The third-order valence-corrected chi connectivity index (χ3v) is 2.23. The summed E-state index contributed by atoms with van der Waals surface area (Å²) in [5, 5.41) is 0. The molecular formula is C12H13N3O. The fourth-order valence-electron chi connectivity index (χ4n) is 1.35. The third kappa shape index (κ3) is 2.17. The van der Waals surface area contributed by atoms with Crippen molar-refractivity contribution >= 4 is 0 Å². The number of rotatable bonds is 3. The number of hydrogen-bond donors (Lipinski definition) is 1. The van der Waals surface area contributed by atoms with Crippen molar-refractivity contribution in [1.82, 2.24) is 9.97 Å². The highest BCUT2D eigenvalue weighted by molar-refractivity contribution is 5.33. The van der Waals surface area contributed by atoms with Crippen LogP contribution in [0.2, 0.25) is 0 Å². The zero-order chi connectivity index (χ0) is 11.4. The van der Waals surface area contributed by atoms with Gasteiger partial charge >= 0.3 is 0 Å². The van der Waals surface area contributed by atoms with Crippen molar-refractivity contribution in [3.8, 4) is 11.6 Å². The Hall–Kier alpha value is -1.94. The summed E-state index contributed by atoms with van der Waals surface area (Å²) in [5.41, 5.74) is 7.32.